The number of carbonyl (C=O) groups excluding carboxylic acids is 3. The number of halogens is 1. The van der Waals surface area contributed by atoms with Gasteiger partial charge in [-0.2, -0.15) is 0 Å². The molecule has 132 valence electrons. The van der Waals surface area contributed by atoms with Crippen molar-refractivity contribution in [2.45, 2.75) is 13.0 Å². The number of amides is 2. The highest BCUT2D eigenvalue weighted by atomic mass is 79.9. The van der Waals surface area contributed by atoms with Crippen molar-refractivity contribution in [3.05, 3.63) is 37.2 Å². The number of hydrogen-bond donors (Lipinski definition) is 1. The summed E-state index contributed by atoms with van der Waals surface area (Å²) >= 11 is 3.59. The average Bonchev–Trinajstić information content (AvgIpc) is 2.82. The van der Waals surface area contributed by atoms with Gasteiger partial charge in [0, 0.05) is 6.07 Å². The van der Waals surface area contributed by atoms with E-state index in [4.69, 9.17) is 0 Å². The summed E-state index contributed by atoms with van der Waals surface area (Å²) in [7, 11) is 1.14. The molecular weight excluding hydrogens is 420 g/mol. The van der Waals surface area contributed by atoms with Crippen LogP contribution in [-0.4, -0.2) is 45.2 Å². The first kappa shape index (κ1) is 18.9. The second-order valence-electron chi connectivity index (χ2n) is 4.88. The number of imide groups is 1. The summed E-state index contributed by atoms with van der Waals surface area (Å²) in [5.74, 6) is -2.00. The zero-order valence-corrected chi connectivity index (χ0v) is 15.3. The monoisotopic (exact) mass is 430 g/mol. The Morgan fingerprint density at radius 2 is 2.12 bits per heavy atom. The zero-order valence-electron chi connectivity index (χ0n) is 12.9. The van der Waals surface area contributed by atoms with Crippen LogP contribution in [0.15, 0.2) is 21.5 Å². The number of phenolic OH excluding ortho intramolecular Hbond substituents is 1. The first-order chi connectivity index (χ1) is 11.7. The molecule has 11 heteroatoms. The lowest BCUT2D eigenvalue weighted by molar-refractivity contribution is -0.386. The lowest BCUT2D eigenvalue weighted by Crippen LogP contribution is -2.42. The van der Waals surface area contributed by atoms with Crippen LogP contribution in [0.2, 0.25) is 0 Å². The van der Waals surface area contributed by atoms with E-state index in [0.29, 0.717) is 11.8 Å². The highest BCUT2D eigenvalue weighted by Crippen LogP contribution is 2.38. The molecule has 1 fully saturated rings. The SMILES string of the molecule is COC(=O)[C@H](C)N1C(=O)S/C(=C/c2cc(Br)c(O)c([N+](=O)[O-])c2)C1=O. The molecule has 1 N–H and O–H groups in total. The molecule has 9 nitrogen and oxygen atoms in total. The number of hydrogen-bond acceptors (Lipinski definition) is 8. The van der Waals surface area contributed by atoms with E-state index in [2.05, 4.69) is 20.7 Å². The molecule has 0 aromatic heterocycles. The van der Waals surface area contributed by atoms with Crippen molar-refractivity contribution in [2.75, 3.05) is 7.11 Å². The lowest BCUT2D eigenvalue weighted by atomic mass is 10.1. The number of aromatic hydroxyl groups is 1. The number of nitrogens with zero attached hydrogens (tertiary/aromatic N) is 2. The van der Waals surface area contributed by atoms with Crippen LogP contribution in [0.3, 0.4) is 0 Å². The molecule has 1 aliphatic rings. The third-order valence-corrected chi connectivity index (χ3v) is 4.80. The van der Waals surface area contributed by atoms with Crippen LogP contribution in [0.4, 0.5) is 10.5 Å². The molecule has 1 aliphatic heterocycles. The molecular formula is C14H11BrN2O7S. The number of benzene rings is 1. The average molecular weight is 431 g/mol. The van der Waals surface area contributed by atoms with Crippen molar-refractivity contribution in [3.63, 3.8) is 0 Å². The predicted octanol–water partition coefficient (Wildman–Crippen LogP) is 2.66. The number of thioether (sulfide) groups is 1. The van der Waals surface area contributed by atoms with Gasteiger partial charge in [0.2, 0.25) is 5.75 Å². The smallest absolute Gasteiger partial charge is 0.328 e. The van der Waals surface area contributed by atoms with Crippen LogP contribution in [0.25, 0.3) is 6.08 Å². The van der Waals surface area contributed by atoms with Crippen molar-refractivity contribution < 1.29 is 29.2 Å². The second kappa shape index (κ2) is 7.23. The van der Waals surface area contributed by atoms with Crippen LogP contribution in [-0.2, 0) is 14.3 Å². The van der Waals surface area contributed by atoms with Crippen molar-refractivity contribution in [1.82, 2.24) is 4.90 Å². The number of esters is 1. The van der Waals surface area contributed by atoms with Gasteiger partial charge in [-0.3, -0.25) is 24.6 Å². The highest BCUT2D eigenvalue weighted by Gasteiger charge is 2.41. The summed E-state index contributed by atoms with van der Waals surface area (Å²) in [4.78, 5) is 46.8. The third-order valence-electron chi connectivity index (χ3n) is 3.31. The molecule has 0 radical (unpaired) electrons. The van der Waals surface area contributed by atoms with Crippen LogP contribution >= 0.6 is 27.7 Å². The number of nitro benzene ring substituents is 1. The predicted molar refractivity (Wildman–Crippen MR) is 91.7 cm³/mol. The molecule has 2 amide bonds. The van der Waals surface area contributed by atoms with Crippen molar-refractivity contribution in [2.24, 2.45) is 0 Å². The van der Waals surface area contributed by atoms with Crippen molar-refractivity contribution in [3.8, 4) is 5.75 Å². The number of rotatable bonds is 4. The molecule has 0 aliphatic carbocycles. The number of nitro groups is 1. The molecule has 1 atom stereocenters. The van der Waals surface area contributed by atoms with E-state index in [1.165, 1.54) is 19.1 Å². The molecule has 0 unspecified atom stereocenters. The van der Waals surface area contributed by atoms with Gasteiger partial charge in [0.25, 0.3) is 11.1 Å². The molecule has 0 bridgehead atoms. The standard InChI is InChI=1S/C14H11BrN2O7S/c1-6(13(20)24-2)16-12(19)10(25-14(16)21)5-7-3-8(15)11(18)9(4-7)17(22)23/h3-6,18H,1-2H3/b10-5+/t6-/m0/s1. The number of ether oxygens (including phenoxy) is 1. The van der Waals surface area contributed by atoms with Gasteiger partial charge < -0.3 is 9.84 Å². The van der Waals surface area contributed by atoms with Crippen LogP contribution in [0.5, 0.6) is 5.75 Å². The number of methoxy groups -OCH3 is 1. The molecule has 25 heavy (non-hydrogen) atoms. The molecule has 2 rings (SSSR count). The second-order valence-corrected chi connectivity index (χ2v) is 6.73. The zero-order chi connectivity index (χ0) is 18.9. The van der Waals surface area contributed by atoms with Gasteiger partial charge >= 0.3 is 11.7 Å². The number of carbonyl (C=O) groups is 3. The van der Waals surface area contributed by atoms with Gasteiger partial charge in [-0.05, 0) is 52.3 Å². The van der Waals surface area contributed by atoms with Gasteiger partial charge in [0.15, 0.2) is 0 Å². The maximum atomic E-state index is 12.4. The Hall–Kier alpha value is -2.40. The van der Waals surface area contributed by atoms with E-state index >= 15 is 0 Å². The Morgan fingerprint density at radius 3 is 2.68 bits per heavy atom. The van der Waals surface area contributed by atoms with E-state index in [1.807, 2.05) is 0 Å². The maximum absolute atomic E-state index is 12.4. The largest absolute Gasteiger partial charge is 0.501 e. The Labute approximate surface area is 153 Å². The first-order valence-corrected chi connectivity index (χ1v) is 8.30. The molecule has 0 spiro atoms. The number of phenols is 1. The third kappa shape index (κ3) is 3.66. The topological polar surface area (TPSA) is 127 Å². The quantitative estimate of drug-likeness (QED) is 0.334. The van der Waals surface area contributed by atoms with E-state index in [-0.39, 0.29) is 14.9 Å². The minimum Gasteiger partial charge on any atom is -0.501 e. The normalized spacial score (nSPS) is 17.1. The minimum atomic E-state index is -1.09. The molecule has 0 saturated carbocycles. The summed E-state index contributed by atoms with van der Waals surface area (Å²) in [6.07, 6.45) is 1.27. The van der Waals surface area contributed by atoms with Gasteiger partial charge in [-0.15, -0.1) is 0 Å². The van der Waals surface area contributed by atoms with E-state index in [9.17, 15) is 29.6 Å². The van der Waals surface area contributed by atoms with Gasteiger partial charge in [-0.1, -0.05) is 0 Å². The fourth-order valence-corrected chi connectivity index (χ4v) is 3.44. The van der Waals surface area contributed by atoms with Gasteiger partial charge in [0.1, 0.15) is 6.04 Å². The summed E-state index contributed by atoms with van der Waals surface area (Å²) in [5.41, 5.74) is -0.324. The Morgan fingerprint density at radius 1 is 1.48 bits per heavy atom. The van der Waals surface area contributed by atoms with Gasteiger partial charge in [0.05, 0.1) is 21.4 Å². The minimum absolute atomic E-state index is 0.00681. The van der Waals surface area contributed by atoms with E-state index in [1.54, 1.807) is 0 Å². The lowest BCUT2D eigenvalue weighted by Gasteiger charge is -2.18. The summed E-state index contributed by atoms with van der Waals surface area (Å²) in [5, 5.41) is 20.0. The maximum Gasteiger partial charge on any atom is 0.328 e. The summed E-state index contributed by atoms with van der Waals surface area (Å²) < 4.78 is 4.59. The fraction of sp³-hybridized carbons (Fsp3) is 0.214. The molecule has 1 aromatic carbocycles. The Bertz CT molecular complexity index is 824. The van der Waals surface area contributed by atoms with E-state index in [0.717, 1.165) is 18.1 Å². The summed E-state index contributed by atoms with van der Waals surface area (Å²) in [6.45, 7) is 1.35. The molecule has 1 saturated heterocycles. The van der Waals surface area contributed by atoms with Crippen LogP contribution in [0.1, 0.15) is 12.5 Å². The fourth-order valence-electron chi connectivity index (χ4n) is 2.07. The van der Waals surface area contributed by atoms with Gasteiger partial charge in [-0.25, -0.2) is 4.79 Å². The Kier molecular flexibility index (Phi) is 5.48. The first-order valence-electron chi connectivity index (χ1n) is 6.69. The molecule has 1 heterocycles. The van der Waals surface area contributed by atoms with Crippen molar-refractivity contribution >= 4 is 56.6 Å². The highest BCUT2D eigenvalue weighted by molar-refractivity contribution is 9.10. The van der Waals surface area contributed by atoms with Crippen LogP contribution < -0.4 is 0 Å². The van der Waals surface area contributed by atoms with Crippen molar-refractivity contribution in [1.29, 1.82) is 0 Å². The van der Waals surface area contributed by atoms with E-state index < -0.39 is 39.5 Å². The Balaban J connectivity index is 2.40. The summed E-state index contributed by atoms with van der Waals surface area (Å²) in [6, 6.07) is 1.34. The molecule has 1 aromatic rings. The van der Waals surface area contributed by atoms with Crippen LogP contribution in [0, 0.1) is 10.1 Å².